The van der Waals surface area contributed by atoms with Gasteiger partial charge in [0.25, 0.3) is 0 Å². The van der Waals surface area contributed by atoms with Gasteiger partial charge in [-0.1, -0.05) is 37.6 Å². The summed E-state index contributed by atoms with van der Waals surface area (Å²) in [5, 5.41) is 9.55. The monoisotopic (exact) mass is 226 g/mol. The molecule has 2 nitrogen and oxygen atoms in total. The van der Waals surface area contributed by atoms with Crippen LogP contribution in [0.3, 0.4) is 0 Å². The van der Waals surface area contributed by atoms with Crippen molar-refractivity contribution in [2.45, 2.75) is 19.8 Å². The van der Waals surface area contributed by atoms with Crippen LogP contribution in [0, 0.1) is 5.92 Å². The van der Waals surface area contributed by atoms with Gasteiger partial charge in [-0.25, -0.2) is 0 Å². The van der Waals surface area contributed by atoms with Gasteiger partial charge in [0.2, 0.25) is 0 Å². The molecule has 1 rings (SSSR count). The van der Waals surface area contributed by atoms with Gasteiger partial charge in [0.15, 0.2) is 5.78 Å². The molecule has 1 unspecified atom stereocenters. The standard InChI is InChI=1S/C12H15ClO2/c1-8(2)12(11(15)7-14)9-3-5-10(13)6-4-9/h3-6,8,12,14H,7H2,1-2H3. The Balaban J connectivity index is 2.99. The Kier molecular flexibility index (Phi) is 4.30. The SMILES string of the molecule is CC(C)C(C(=O)CO)c1ccc(Cl)cc1. The van der Waals surface area contributed by atoms with E-state index >= 15 is 0 Å². The number of ketones is 1. The number of carbonyl (C=O) groups is 1. The fourth-order valence-electron chi connectivity index (χ4n) is 1.71. The molecule has 0 aliphatic heterocycles. The van der Waals surface area contributed by atoms with Crippen LogP contribution in [0.2, 0.25) is 5.02 Å². The molecular formula is C12H15ClO2. The van der Waals surface area contributed by atoms with Gasteiger partial charge in [-0.05, 0) is 23.6 Å². The highest BCUT2D eigenvalue weighted by Gasteiger charge is 2.22. The molecule has 0 bridgehead atoms. The van der Waals surface area contributed by atoms with Crippen molar-refractivity contribution in [3.63, 3.8) is 0 Å². The number of benzene rings is 1. The van der Waals surface area contributed by atoms with Crippen LogP contribution in [0.5, 0.6) is 0 Å². The Labute approximate surface area is 94.9 Å². The zero-order chi connectivity index (χ0) is 11.4. The number of hydrogen-bond donors (Lipinski definition) is 1. The molecule has 0 heterocycles. The van der Waals surface area contributed by atoms with Gasteiger partial charge in [0, 0.05) is 10.9 Å². The van der Waals surface area contributed by atoms with E-state index in [0.717, 1.165) is 5.56 Å². The van der Waals surface area contributed by atoms with E-state index in [9.17, 15) is 4.79 Å². The molecule has 1 atom stereocenters. The molecule has 1 aromatic carbocycles. The molecule has 15 heavy (non-hydrogen) atoms. The summed E-state index contributed by atoms with van der Waals surface area (Å²) in [5.74, 6) is -0.217. The molecule has 0 saturated heterocycles. The Bertz CT molecular complexity index is 330. The molecule has 3 heteroatoms. The molecular weight excluding hydrogens is 212 g/mol. The summed E-state index contributed by atoms with van der Waals surface area (Å²) in [6.07, 6.45) is 0. The van der Waals surface area contributed by atoms with Crippen LogP contribution in [0.15, 0.2) is 24.3 Å². The molecule has 0 aliphatic rings. The van der Waals surface area contributed by atoms with E-state index in [4.69, 9.17) is 16.7 Å². The van der Waals surface area contributed by atoms with E-state index in [2.05, 4.69) is 0 Å². The van der Waals surface area contributed by atoms with Crippen molar-refractivity contribution in [3.05, 3.63) is 34.9 Å². The van der Waals surface area contributed by atoms with Crippen LogP contribution in [0.1, 0.15) is 25.3 Å². The fraction of sp³-hybridized carbons (Fsp3) is 0.417. The lowest BCUT2D eigenvalue weighted by Crippen LogP contribution is -2.21. The molecule has 0 aromatic heterocycles. The van der Waals surface area contributed by atoms with Gasteiger partial charge in [-0.15, -0.1) is 0 Å². The summed E-state index contributed by atoms with van der Waals surface area (Å²) in [5.41, 5.74) is 0.911. The second-order valence-electron chi connectivity index (χ2n) is 3.90. The highest BCUT2D eigenvalue weighted by atomic mass is 35.5. The van der Waals surface area contributed by atoms with Crippen LogP contribution in [0.4, 0.5) is 0 Å². The molecule has 1 aromatic rings. The first-order valence-corrected chi connectivity index (χ1v) is 5.33. The average molecular weight is 227 g/mol. The summed E-state index contributed by atoms with van der Waals surface area (Å²) < 4.78 is 0. The second-order valence-corrected chi connectivity index (χ2v) is 4.33. The van der Waals surface area contributed by atoms with Crippen molar-refractivity contribution in [3.8, 4) is 0 Å². The number of rotatable bonds is 4. The van der Waals surface area contributed by atoms with Crippen molar-refractivity contribution >= 4 is 17.4 Å². The van der Waals surface area contributed by atoms with Crippen LogP contribution < -0.4 is 0 Å². The molecule has 0 saturated carbocycles. The van der Waals surface area contributed by atoms with Gasteiger partial charge < -0.3 is 5.11 Å². The van der Waals surface area contributed by atoms with Crippen LogP contribution in [0.25, 0.3) is 0 Å². The average Bonchev–Trinajstić information content (AvgIpc) is 2.20. The van der Waals surface area contributed by atoms with Gasteiger partial charge >= 0.3 is 0 Å². The van der Waals surface area contributed by atoms with E-state index in [0.29, 0.717) is 5.02 Å². The fourth-order valence-corrected chi connectivity index (χ4v) is 1.84. The highest BCUT2D eigenvalue weighted by molar-refractivity contribution is 6.30. The van der Waals surface area contributed by atoms with Gasteiger partial charge in [-0.2, -0.15) is 0 Å². The largest absolute Gasteiger partial charge is 0.389 e. The number of aliphatic hydroxyl groups is 1. The maximum atomic E-state index is 11.6. The normalized spacial score (nSPS) is 12.9. The lowest BCUT2D eigenvalue weighted by Gasteiger charge is -2.19. The first kappa shape index (κ1) is 12.2. The minimum atomic E-state index is -0.411. The summed E-state index contributed by atoms with van der Waals surface area (Å²) >= 11 is 5.78. The van der Waals surface area contributed by atoms with Crippen LogP contribution >= 0.6 is 11.6 Å². The minimum absolute atomic E-state index is 0.146. The highest BCUT2D eigenvalue weighted by Crippen LogP contribution is 2.26. The van der Waals surface area contributed by atoms with Crippen molar-refractivity contribution in [1.82, 2.24) is 0 Å². The van der Waals surface area contributed by atoms with Crippen molar-refractivity contribution in [1.29, 1.82) is 0 Å². The second kappa shape index (κ2) is 5.29. The molecule has 0 spiro atoms. The topological polar surface area (TPSA) is 37.3 Å². The van der Waals surface area contributed by atoms with Crippen molar-refractivity contribution < 1.29 is 9.90 Å². The number of halogens is 1. The van der Waals surface area contributed by atoms with E-state index in [1.807, 2.05) is 26.0 Å². The molecule has 0 aliphatic carbocycles. The third kappa shape index (κ3) is 3.05. The van der Waals surface area contributed by atoms with Crippen molar-refractivity contribution in [2.75, 3.05) is 6.61 Å². The maximum Gasteiger partial charge on any atom is 0.165 e. The van der Waals surface area contributed by atoms with Gasteiger partial charge in [0.05, 0.1) is 0 Å². The number of aliphatic hydroxyl groups excluding tert-OH is 1. The van der Waals surface area contributed by atoms with Gasteiger partial charge in [-0.3, -0.25) is 4.79 Å². The Hall–Kier alpha value is -0.860. The smallest absolute Gasteiger partial charge is 0.165 e. The Morgan fingerprint density at radius 3 is 2.27 bits per heavy atom. The number of hydrogen-bond acceptors (Lipinski definition) is 2. The lowest BCUT2D eigenvalue weighted by molar-refractivity contribution is -0.124. The number of carbonyl (C=O) groups excluding carboxylic acids is 1. The van der Waals surface area contributed by atoms with E-state index in [1.54, 1.807) is 12.1 Å². The third-order valence-electron chi connectivity index (χ3n) is 2.40. The summed E-state index contributed by atoms with van der Waals surface area (Å²) in [6, 6.07) is 7.19. The predicted octanol–water partition coefficient (Wildman–Crippen LogP) is 2.64. The van der Waals surface area contributed by atoms with Crippen molar-refractivity contribution in [2.24, 2.45) is 5.92 Å². The number of Topliss-reactive ketones (excluding diaryl/α,β-unsaturated/α-hetero) is 1. The Morgan fingerprint density at radius 2 is 1.87 bits per heavy atom. The summed E-state index contributed by atoms with van der Waals surface area (Å²) in [6.45, 7) is 3.52. The third-order valence-corrected chi connectivity index (χ3v) is 2.65. The van der Waals surface area contributed by atoms with Gasteiger partial charge in [0.1, 0.15) is 6.61 Å². The van der Waals surface area contributed by atoms with Crippen LogP contribution in [-0.2, 0) is 4.79 Å². The first-order valence-electron chi connectivity index (χ1n) is 4.95. The predicted molar refractivity (Wildman–Crippen MR) is 61.1 cm³/mol. The molecule has 0 amide bonds. The molecule has 0 radical (unpaired) electrons. The first-order chi connectivity index (χ1) is 7.06. The maximum absolute atomic E-state index is 11.6. The van der Waals surface area contributed by atoms with E-state index in [1.165, 1.54) is 0 Å². The molecule has 0 fully saturated rings. The zero-order valence-corrected chi connectivity index (χ0v) is 9.66. The lowest BCUT2D eigenvalue weighted by atomic mass is 9.85. The quantitative estimate of drug-likeness (QED) is 0.857. The molecule has 82 valence electrons. The van der Waals surface area contributed by atoms with Crippen LogP contribution in [-0.4, -0.2) is 17.5 Å². The Morgan fingerprint density at radius 1 is 1.33 bits per heavy atom. The summed E-state index contributed by atoms with van der Waals surface area (Å²) in [7, 11) is 0. The summed E-state index contributed by atoms with van der Waals surface area (Å²) in [4.78, 5) is 11.6. The van der Waals surface area contributed by atoms with E-state index < -0.39 is 6.61 Å². The van der Waals surface area contributed by atoms with E-state index in [-0.39, 0.29) is 17.6 Å². The molecule has 1 N–H and O–H groups in total. The zero-order valence-electron chi connectivity index (χ0n) is 8.90. The minimum Gasteiger partial charge on any atom is -0.389 e.